The topological polar surface area (TPSA) is 80.2 Å². The molecule has 6 nitrogen and oxygen atoms in total. The number of hydrogen-bond acceptors (Lipinski definition) is 5. The summed E-state index contributed by atoms with van der Waals surface area (Å²) in [5.74, 6) is 0.539. The van der Waals surface area contributed by atoms with Crippen LogP contribution in [0.5, 0.6) is 17.2 Å². The van der Waals surface area contributed by atoms with Crippen LogP contribution in [0, 0.1) is 3.57 Å². The van der Waals surface area contributed by atoms with Crippen molar-refractivity contribution in [3.8, 4) is 17.2 Å². The van der Waals surface area contributed by atoms with E-state index >= 15 is 0 Å². The normalized spacial score (nSPS) is 10.6. The fourth-order valence-electron chi connectivity index (χ4n) is 1.83. The number of nitrogens with one attached hydrogen (secondary N) is 1. The number of benzene rings is 2. The third kappa shape index (κ3) is 4.13. The van der Waals surface area contributed by atoms with Crippen molar-refractivity contribution < 1.29 is 19.4 Å². The number of carbonyl (C=O) groups is 1. The van der Waals surface area contributed by atoms with Gasteiger partial charge in [-0.3, -0.25) is 4.79 Å². The number of nitrogens with zero attached hydrogens (tertiary/aromatic N) is 1. The fourth-order valence-corrected chi connectivity index (χ4v) is 2.39. The Morgan fingerprint density at radius 3 is 2.65 bits per heavy atom. The largest absolute Gasteiger partial charge is 0.504 e. The fraction of sp³-hybridized carbons (Fsp3) is 0.125. The monoisotopic (exact) mass is 426 g/mol. The third-order valence-electron chi connectivity index (χ3n) is 3.03. The summed E-state index contributed by atoms with van der Waals surface area (Å²) in [6, 6.07) is 10.1. The molecule has 23 heavy (non-hydrogen) atoms. The number of amides is 1. The Kier molecular flexibility index (Phi) is 5.80. The SMILES string of the molecule is COc1cc(C(=O)N/N=C/c2cccc(OC)c2O)ccc1I. The molecule has 1 amide bonds. The highest BCUT2D eigenvalue weighted by atomic mass is 127. The zero-order valence-corrected chi connectivity index (χ0v) is 14.7. The molecule has 0 atom stereocenters. The Hall–Kier alpha value is -2.29. The number of methoxy groups -OCH3 is 2. The van der Waals surface area contributed by atoms with Gasteiger partial charge in [0.2, 0.25) is 0 Å². The van der Waals surface area contributed by atoms with E-state index in [2.05, 4.69) is 33.1 Å². The number of rotatable bonds is 5. The maximum atomic E-state index is 12.1. The molecular formula is C16H15IN2O4. The molecule has 0 aliphatic rings. The van der Waals surface area contributed by atoms with Gasteiger partial charge in [-0.2, -0.15) is 5.10 Å². The van der Waals surface area contributed by atoms with Crippen LogP contribution >= 0.6 is 22.6 Å². The van der Waals surface area contributed by atoms with Crippen LogP contribution < -0.4 is 14.9 Å². The molecule has 0 unspecified atom stereocenters. The number of aromatic hydroxyl groups is 1. The van der Waals surface area contributed by atoms with E-state index < -0.39 is 0 Å². The zero-order chi connectivity index (χ0) is 16.8. The summed E-state index contributed by atoms with van der Waals surface area (Å²) < 4.78 is 11.1. The summed E-state index contributed by atoms with van der Waals surface area (Å²) in [4.78, 5) is 12.1. The Bertz CT molecular complexity index is 747. The van der Waals surface area contributed by atoms with Gasteiger partial charge in [0.1, 0.15) is 5.75 Å². The molecule has 0 aromatic heterocycles. The summed E-state index contributed by atoms with van der Waals surface area (Å²) in [6.07, 6.45) is 1.35. The molecule has 0 saturated heterocycles. The predicted molar refractivity (Wildman–Crippen MR) is 95.4 cm³/mol. The first-order valence-electron chi connectivity index (χ1n) is 6.59. The lowest BCUT2D eigenvalue weighted by atomic mass is 10.2. The first-order valence-corrected chi connectivity index (χ1v) is 7.67. The van der Waals surface area contributed by atoms with Gasteiger partial charge in [-0.05, 0) is 52.9 Å². The van der Waals surface area contributed by atoms with Crippen LogP contribution in [0.4, 0.5) is 0 Å². The molecule has 0 radical (unpaired) electrons. The van der Waals surface area contributed by atoms with Crippen LogP contribution in [0.2, 0.25) is 0 Å². The van der Waals surface area contributed by atoms with E-state index in [9.17, 15) is 9.90 Å². The van der Waals surface area contributed by atoms with Gasteiger partial charge in [0.15, 0.2) is 11.5 Å². The van der Waals surface area contributed by atoms with Crippen LogP contribution in [0.3, 0.4) is 0 Å². The van der Waals surface area contributed by atoms with Crippen LogP contribution in [-0.2, 0) is 0 Å². The summed E-state index contributed by atoms with van der Waals surface area (Å²) in [5.41, 5.74) is 3.26. The number of hydrogen-bond donors (Lipinski definition) is 2. The first-order chi connectivity index (χ1) is 11.1. The minimum absolute atomic E-state index is 0.0380. The van der Waals surface area contributed by atoms with Crippen LogP contribution in [0.15, 0.2) is 41.5 Å². The Labute approximate surface area is 147 Å². The highest BCUT2D eigenvalue weighted by molar-refractivity contribution is 14.1. The quantitative estimate of drug-likeness (QED) is 0.438. The summed E-state index contributed by atoms with van der Waals surface area (Å²) >= 11 is 2.12. The smallest absolute Gasteiger partial charge is 0.271 e. The number of hydrazone groups is 1. The maximum Gasteiger partial charge on any atom is 0.271 e. The third-order valence-corrected chi connectivity index (χ3v) is 3.92. The number of para-hydroxylation sites is 1. The predicted octanol–water partition coefficient (Wildman–Crippen LogP) is 2.78. The van der Waals surface area contributed by atoms with Crippen molar-refractivity contribution in [2.45, 2.75) is 0 Å². The zero-order valence-electron chi connectivity index (χ0n) is 12.5. The van der Waals surface area contributed by atoms with Gasteiger partial charge >= 0.3 is 0 Å². The molecule has 2 aromatic carbocycles. The molecular weight excluding hydrogens is 411 g/mol. The molecule has 0 spiro atoms. The van der Waals surface area contributed by atoms with Crippen molar-refractivity contribution in [2.24, 2.45) is 5.10 Å². The Balaban J connectivity index is 2.10. The summed E-state index contributed by atoms with van der Waals surface area (Å²) in [7, 11) is 3.00. The van der Waals surface area contributed by atoms with Gasteiger partial charge in [-0.25, -0.2) is 5.43 Å². The molecule has 120 valence electrons. The Morgan fingerprint density at radius 2 is 1.96 bits per heavy atom. The van der Waals surface area contributed by atoms with E-state index in [0.29, 0.717) is 22.6 Å². The summed E-state index contributed by atoms with van der Waals surface area (Å²) in [5, 5.41) is 13.8. The molecule has 0 heterocycles. The van der Waals surface area contributed by atoms with E-state index in [1.165, 1.54) is 13.3 Å². The van der Waals surface area contributed by atoms with Gasteiger partial charge in [0, 0.05) is 11.1 Å². The summed E-state index contributed by atoms with van der Waals surface area (Å²) in [6.45, 7) is 0. The van der Waals surface area contributed by atoms with E-state index in [0.717, 1.165) is 3.57 Å². The van der Waals surface area contributed by atoms with Crippen LogP contribution in [0.25, 0.3) is 0 Å². The van der Waals surface area contributed by atoms with Crippen molar-refractivity contribution in [1.82, 2.24) is 5.43 Å². The number of carbonyl (C=O) groups excluding carboxylic acids is 1. The van der Waals surface area contributed by atoms with Crippen LogP contribution in [-0.4, -0.2) is 31.4 Å². The molecule has 2 aromatic rings. The van der Waals surface area contributed by atoms with Crippen molar-refractivity contribution in [3.05, 3.63) is 51.1 Å². The second-order valence-electron chi connectivity index (χ2n) is 4.45. The lowest BCUT2D eigenvalue weighted by molar-refractivity contribution is 0.0954. The van der Waals surface area contributed by atoms with E-state index in [-0.39, 0.29) is 11.7 Å². The lowest BCUT2D eigenvalue weighted by Gasteiger charge is -2.06. The lowest BCUT2D eigenvalue weighted by Crippen LogP contribution is -2.17. The first kappa shape index (κ1) is 17.1. The van der Waals surface area contributed by atoms with E-state index in [4.69, 9.17) is 9.47 Å². The van der Waals surface area contributed by atoms with Crippen molar-refractivity contribution in [2.75, 3.05) is 14.2 Å². The van der Waals surface area contributed by atoms with Gasteiger partial charge < -0.3 is 14.6 Å². The molecule has 7 heteroatoms. The molecule has 2 N–H and O–H groups in total. The second kappa shape index (κ2) is 7.82. The number of halogens is 1. The highest BCUT2D eigenvalue weighted by Gasteiger charge is 2.09. The van der Waals surface area contributed by atoms with Gasteiger partial charge in [0.05, 0.1) is 24.0 Å². The van der Waals surface area contributed by atoms with Crippen molar-refractivity contribution in [3.63, 3.8) is 0 Å². The molecule has 0 fully saturated rings. The molecule has 2 rings (SSSR count). The molecule has 0 bridgehead atoms. The highest BCUT2D eigenvalue weighted by Crippen LogP contribution is 2.28. The molecule has 0 aliphatic carbocycles. The molecule has 0 saturated carbocycles. The van der Waals surface area contributed by atoms with E-state index in [1.54, 1.807) is 43.5 Å². The number of ether oxygens (including phenoxy) is 2. The average molecular weight is 426 g/mol. The van der Waals surface area contributed by atoms with Gasteiger partial charge in [-0.15, -0.1) is 0 Å². The number of phenols is 1. The van der Waals surface area contributed by atoms with Gasteiger partial charge in [-0.1, -0.05) is 6.07 Å². The average Bonchev–Trinajstić information content (AvgIpc) is 2.56. The second-order valence-corrected chi connectivity index (χ2v) is 5.61. The minimum atomic E-state index is -0.377. The van der Waals surface area contributed by atoms with Crippen LogP contribution in [0.1, 0.15) is 15.9 Å². The molecule has 0 aliphatic heterocycles. The number of phenolic OH excluding ortho intramolecular Hbond substituents is 1. The standard InChI is InChI=1S/C16H15IN2O4/c1-22-13-5-3-4-11(15(13)20)9-18-19-16(21)10-6-7-12(17)14(8-10)23-2/h3-9,20H,1-2H3,(H,19,21)/b18-9+. The Morgan fingerprint density at radius 1 is 1.22 bits per heavy atom. The van der Waals surface area contributed by atoms with Crippen molar-refractivity contribution in [1.29, 1.82) is 0 Å². The van der Waals surface area contributed by atoms with Crippen molar-refractivity contribution >= 4 is 34.7 Å². The van der Waals surface area contributed by atoms with E-state index in [1.807, 2.05) is 0 Å². The maximum absolute atomic E-state index is 12.1. The minimum Gasteiger partial charge on any atom is -0.504 e. The van der Waals surface area contributed by atoms with Gasteiger partial charge in [0.25, 0.3) is 5.91 Å².